The van der Waals surface area contributed by atoms with Crippen molar-refractivity contribution in [2.24, 2.45) is 0 Å². The fraction of sp³-hybridized carbons (Fsp3) is 0.333. The van der Waals surface area contributed by atoms with Gasteiger partial charge in [-0.2, -0.15) is 8.78 Å². The molecule has 11 heteroatoms. The molecular formula is C21H22F2N6O3. The van der Waals surface area contributed by atoms with Crippen LogP contribution < -0.4 is 25.7 Å². The van der Waals surface area contributed by atoms with E-state index < -0.39 is 6.61 Å². The number of anilines is 2. The van der Waals surface area contributed by atoms with Crippen LogP contribution in [0.1, 0.15) is 19.3 Å². The summed E-state index contributed by atoms with van der Waals surface area (Å²) in [4.78, 5) is 24.4. The van der Waals surface area contributed by atoms with Gasteiger partial charge in [0.1, 0.15) is 17.4 Å². The molecule has 0 radical (unpaired) electrons. The highest BCUT2D eigenvalue weighted by atomic mass is 19.3. The Labute approximate surface area is 182 Å². The Hall–Kier alpha value is -3.76. The van der Waals surface area contributed by atoms with Gasteiger partial charge in [-0.1, -0.05) is 0 Å². The van der Waals surface area contributed by atoms with Crippen molar-refractivity contribution in [1.82, 2.24) is 19.5 Å². The predicted octanol–water partition coefficient (Wildman–Crippen LogP) is 3.08. The van der Waals surface area contributed by atoms with Crippen LogP contribution in [0.5, 0.6) is 11.6 Å². The molecule has 168 valence electrons. The lowest BCUT2D eigenvalue weighted by molar-refractivity contribution is -0.0530. The van der Waals surface area contributed by atoms with E-state index in [-0.39, 0.29) is 23.5 Å². The molecule has 9 nitrogen and oxygen atoms in total. The van der Waals surface area contributed by atoms with E-state index in [2.05, 4.69) is 30.3 Å². The molecule has 1 fully saturated rings. The van der Waals surface area contributed by atoms with Gasteiger partial charge < -0.3 is 20.1 Å². The molecule has 32 heavy (non-hydrogen) atoms. The number of nitrogens with zero attached hydrogens (tertiary/aromatic N) is 4. The van der Waals surface area contributed by atoms with Gasteiger partial charge in [-0.3, -0.25) is 9.36 Å². The number of nitrogens with one attached hydrogen (secondary N) is 2. The maximum atomic E-state index is 12.2. The number of alkyl halides is 2. The van der Waals surface area contributed by atoms with Gasteiger partial charge >= 0.3 is 6.61 Å². The number of pyridine rings is 2. The summed E-state index contributed by atoms with van der Waals surface area (Å²) in [6.45, 7) is -2.93. The molecular weight excluding hydrogens is 422 g/mol. The number of ether oxygens (including phenoxy) is 2. The van der Waals surface area contributed by atoms with Gasteiger partial charge in [-0.05, 0) is 37.5 Å². The zero-order chi connectivity index (χ0) is 22.5. The maximum absolute atomic E-state index is 12.2. The average molecular weight is 444 g/mol. The van der Waals surface area contributed by atoms with Crippen molar-refractivity contribution in [2.45, 2.75) is 38.0 Å². The second-order valence-corrected chi connectivity index (χ2v) is 7.29. The lowest BCUT2D eigenvalue weighted by atomic mass is 10.2. The minimum Gasteiger partial charge on any atom is -0.495 e. The summed E-state index contributed by atoms with van der Waals surface area (Å²) in [6, 6.07) is 7.08. The molecule has 0 aliphatic heterocycles. The molecule has 1 aliphatic carbocycles. The standard InChI is InChI=1S/C21H22F2N6O3/c1-31-16-5-7-20(30)29(12-16)15-4-6-17(24-9-15)27-13-2-3-14(8-13)28-18-10-26-19(11-25-18)32-21(22)23/h4-7,9-14,21H,2-3,8H2,1H3,(H,24,27)(H,25,28)/t13-,14-/m0/s1. The molecule has 1 aliphatic rings. The zero-order valence-corrected chi connectivity index (χ0v) is 17.2. The van der Waals surface area contributed by atoms with E-state index in [1.54, 1.807) is 25.6 Å². The van der Waals surface area contributed by atoms with E-state index in [0.29, 0.717) is 23.1 Å². The van der Waals surface area contributed by atoms with Crippen molar-refractivity contribution < 1.29 is 18.3 Å². The molecule has 4 rings (SSSR count). The summed E-state index contributed by atoms with van der Waals surface area (Å²) in [7, 11) is 1.54. The summed E-state index contributed by atoms with van der Waals surface area (Å²) in [5.41, 5.74) is 0.471. The van der Waals surface area contributed by atoms with E-state index >= 15 is 0 Å². The first kappa shape index (κ1) is 21.5. The second kappa shape index (κ2) is 9.58. The molecule has 3 heterocycles. The highest BCUT2D eigenvalue weighted by Gasteiger charge is 2.25. The Morgan fingerprint density at radius 1 is 1.00 bits per heavy atom. The monoisotopic (exact) mass is 444 g/mol. The first-order valence-corrected chi connectivity index (χ1v) is 10.0. The van der Waals surface area contributed by atoms with E-state index in [9.17, 15) is 13.6 Å². The molecule has 2 atom stereocenters. The van der Waals surface area contributed by atoms with Gasteiger partial charge in [0.25, 0.3) is 5.56 Å². The SMILES string of the molecule is COc1ccc(=O)n(-c2ccc(N[C@H]3CC[C@H](Nc4cnc(OC(F)F)cn4)C3)nc2)c1. The van der Waals surface area contributed by atoms with Crippen LogP contribution in [-0.4, -0.2) is 45.3 Å². The summed E-state index contributed by atoms with van der Waals surface area (Å²) in [5.74, 6) is 1.58. The highest BCUT2D eigenvalue weighted by Crippen LogP contribution is 2.25. The first-order chi connectivity index (χ1) is 15.5. The van der Waals surface area contributed by atoms with Crippen molar-refractivity contribution in [1.29, 1.82) is 0 Å². The van der Waals surface area contributed by atoms with Gasteiger partial charge in [0.2, 0.25) is 5.88 Å². The number of aromatic nitrogens is 4. The van der Waals surface area contributed by atoms with Crippen LogP contribution >= 0.6 is 0 Å². The number of rotatable bonds is 8. The summed E-state index contributed by atoms with van der Waals surface area (Å²) < 4.78 is 35.2. The normalized spacial score (nSPS) is 17.9. The van der Waals surface area contributed by atoms with Crippen LogP contribution in [0.3, 0.4) is 0 Å². The van der Waals surface area contributed by atoms with Crippen LogP contribution in [0, 0.1) is 0 Å². The number of methoxy groups -OCH3 is 1. The minimum absolute atomic E-state index is 0.165. The molecule has 0 saturated heterocycles. The molecule has 0 unspecified atom stereocenters. The topological polar surface area (TPSA) is 103 Å². The molecule has 0 bridgehead atoms. The Kier molecular flexibility index (Phi) is 6.43. The van der Waals surface area contributed by atoms with E-state index in [0.717, 1.165) is 25.5 Å². The predicted molar refractivity (Wildman–Crippen MR) is 114 cm³/mol. The van der Waals surface area contributed by atoms with Crippen molar-refractivity contribution in [3.8, 4) is 17.3 Å². The van der Waals surface area contributed by atoms with E-state index in [4.69, 9.17) is 4.74 Å². The van der Waals surface area contributed by atoms with Crippen molar-refractivity contribution in [3.05, 3.63) is 59.4 Å². The number of hydrogen-bond donors (Lipinski definition) is 2. The summed E-state index contributed by atoms with van der Waals surface area (Å²) >= 11 is 0. The zero-order valence-electron chi connectivity index (χ0n) is 17.2. The van der Waals surface area contributed by atoms with Crippen LogP contribution in [-0.2, 0) is 0 Å². The van der Waals surface area contributed by atoms with Gasteiger partial charge in [-0.15, -0.1) is 0 Å². The van der Waals surface area contributed by atoms with Gasteiger partial charge in [-0.25, -0.2) is 15.0 Å². The Morgan fingerprint density at radius 2 is 1.75 bits per heavy atom. The van der Waals surface area contributed by atoms with E-state index in [1.165, 1.54) is 16.8 Å². The lowest BCUT2D eigenvalue weighted by Crippen LogP contribution is -2.22. The molecule has 0 amide bonds. The Bertz CT molecular complexity index is 1090. The van der Waals surface area contributed by atoms with Crippen LogP contribution in [0.15, 0.2) is 53.8 Å². The third kappa shape index (κ3) is 5.29. The van der Waals surface area contributed by atoms with Gasteiger partial charge in [0.15, 0.2) is 0 Å². The summed E-state index contributed by atoms with van der Waals surface area (Å²) in [6.07, 6.45) is 8.46. The van der Waals surface area contributed by atoms with Gasteiger partial charge in [0.05, 0.1) is 37.6 Å². The highest BCUT2D eigenvalue weighted by molar-refractivity contribution is 5.43. The number of halogens is 2. The third-order valence-electron chi connectivity index (χ3n) is 5.12. The number of hydrogen-bond acceptors (Lipinski definition) is 8. The van der Waals surface area contributed by atoms with Crippen LogP contribution in [0.25, 0.3) is 5.69 Å². The fourth-order valence-corrected chi connectivity index (χ4v) is 3.61. The molecule has 3 aromatic rings. The van der Waals surface area contributed by atoms with Gasteiger partial charge in [0, 0.05) is 18.2 Å². The van der Waals surface area contributed by atoms with Crippen LogP contribution in [0.2, 0.25) is 0 Å². The first-order valence-electron chi connectivity index (χ1n) is 10.0. The fourth-order valence-electron chi connectivity index (χ4n) is 3.61. The smallest absolute Gasteiger partial charge is 0.388 e. The third-order valence-corrected chi connectivity index (χ3v) is 5.12. The molecule has 0 aromatic carbocycles. The maximum Gasteiger partial charge on any atom is 0.388 e. The average Bonchev–Trinajstić information content (AvgIpc) is 3.22. The van der Waals surface area contributed by atoms with Crippen molar-refractivity contribution in [3.63, 3.8) is 0 Å². The largest absolute Gasteiger partial charge is 0.495 e. The van der Waals surface area contributed by atoms with E-state index in [1.807, 2.05) is 12.1 Å². The Morgan fingerprint density at radius 3 is 2.38 bits per heavy atom. The van der Waals surface area contributed by atoms with Crippen LogP contribution in [0.4, 0.5) is 20.4 Å². The lowest BCUT2D eigenvalue weighted by Gasteiger charge is -2.16. The quantitative estimate of drug-likeness (QED) is 0.547. The molecule has 0 spiro atoms. The van der Waals surface area contributed by atoms with Crippen molar-refractivity contribution in [2.75, 3.05) is 17.7 Å². The molecule has 2 N–H and O–H groups in total. The molecule has 3 aromatic heterocycles. The molecule has 1 saturated carbocycles. The minimum atomic E-state index is -2.93. The van der Waals surface area contributed by atoms with Crippen molar-refractivity contribution >= 4 is 11.6 Å². The Balaban J connectivity index is 1.32. The summed E-state index contributed by atoms with van der Waals surface area (Å²) in [5, 5.41) is 6.66. The second-order valence-electron chi connectivity index (χ2n) is 7.29.